The molecule has 1 amide bonds. The summed E-state index contributed by atoms with van der Waals surface area (Å²) in [5.74, 6) is -1.96. The molecule has 0 unspecified atom stereocenters. The van der Waals surface area contributed by atoms with Gasteiger partial charge in [-0.1, -0.05) is 0 Å². The lowest BCUT2D eigenvalue weighted by Gasteiger charge is -2.07. The van der Waals surface area contributed by atoms with Crippen molar-refractivity contribution >= 4 is 5.91 Å². The van der Waals surface area contributed by atoms with Crippen LogP contribution in [-0.2, 0) is 14.3 Å². The molecule has 0 aliphatic heterocycles. The number of ether oxygens (including phenoxy) is 2. The lowest BCUT2D eigenvalue weighted by atomic mass is 10.5. The van der Waals surface area contributed by atoms with Crippen LogP contribution < -0.4 is 5.32 Å². The fraction of sp³-hybridized carbons (Fsp3) is 0.857. The van der Waals surface area contributed by atoms with Crippen molar-refractivity contribution in [3.8, 4) is 0 Å². The topological polar surface area (TPSA) is 47.6 Å². The number of amides is 1. The van der Waals surface area contributed by atoms with Crippen LogP contribution in [0.5, 0.6) is 0 Å². The van der Waals surface area contributed by atoms with Crippen LogP contribution in [0.4, 0.5) is 13.2 Å². The molecule has 0 spiro atoms. The minimum absolute atomic E-state index is 0.0121. The van der Waals surface area contributed by atoms with Gasteiger partial charge in [-0.25, -0.2) is 0 Å². The van der Waals surface area contributed by atoms with Crippen molar-refractivity contribution in [3.63, 3.8) is 0 Å². The van der Waals surface area contributed by atoms with Crippen LogP contribution in [-0.4, -0.2) is 38.6 Å². The molecule has 0 aliphatic carbocycles. The lowest BCUT2D eigenvalue weighted by Crippen LogP contribution is -2.38. The summed E-state index contributed by atoms with van der Waals surface area (Å²) in [6, 6.07) is 0. The van der Waals surface area contributed by atoms with Gasteiger partial charge in [0.15, 0.2) is 0 Å². The van der Waals surface area contributed by atoms with Crippen LogP contribution in [0.1, 0.15) is 6.92 Å². The number of nitrogens with one attached hydrogen (secondary N) is 1. The Labute approximate surface area is 79.4 Å². The van der Waals surface area contributed by atoms with Crippen LogP contribution in [0.3, 0.4) is 0 Å². The summed E-state index contributed by atoms with van der Waals surface area (Å²) >= 11 is 0. The summed E-state index contributed by atoms with van der Waals surface area (Å²) in [5, 5.41) is 1.66. The molecule has 0 saturated heterocycles. The molecule has 0 atom stereocenters. The Morgan fingerprint density at radius 1 is 1.36 bits per heavy atom. The summed E-state index contributed by atoms with van der Waals surface area (Å²) in [7, 11) is 0. The normalized spacial score (nSPS) is 11.4. The van der Waals surface area contributed by atoms with E-state index >= 15 is 0 Å². The summed E-state index contributed by atoms with van der Waals surface area (Å²) in [5.41, 5.74) is 0. The molecule has 4 nitrogen and oxygen atoms in total. The first kappa shape index (κ1) is 13.2. The van der Waals surface area contributed by atoms with Gasteiger partial charge in [-0.15, -0.1) is 0 Å². The van der Waals surface area contributed by atoms with Gasteiger partial charge in [0.2, 0.25) is 0 Å². The zero-order chi connectivity index (χ0) is 11.0. The average molecular weight is 215 g/mol. The van der Waals surface area contributed by atoms with E-state index in [1.54, 1.807) is 12.2 Å². The Balaban J connectivity index is 3.33. The molecule has 7 heteroatoms. The molecule has 0 aliphatic rings. The second kappa shape index (κ2) is 6.61. The molecule has 0 rings (SSSR count). The number of carbonyl (C=O) groups excluding carboxylic acids is 1. The van der Waals surface area contributed by atoms with Crippen molar-refractivity contribution < 1.29 is 27.4 Å². The highest BCUT2D eigenvalue weighted by molar-refractivity contribution is 5.81. The summed E-state index contributed by atoms with van der Waals surface area (Å²) in [4.78, 5) is 10.2. The quantitative estimate of drug-likeness (QED) is 0.523. The van der Waals surface area contributed by atoms with Gasteiger partial charge in [-0.3, -0.25) is 4.79 Å². The number of rotatable bonds is 6. The van der Waals surface area contributed by atoms with Crippen LogP contribution in [0.15, 0.2) is 0 Å². The molecular formula is C7H12F3NO3. The molecule has 0 aromatic rings. The standard InChI is InChI=1S/C7H12F3NO3/c1-2-13-5-14-4-3-11-6(12)7(8,9)10/h2-5H2,1H3,(H,11,12). The fourth-order valence-corrected chi connectivity index (χ4v) is 0.538. The first-order chi connectivity index (χ1) is 6.48. The summed E-state index contributed by atoms with van der Waals surface area (Å²) in [6.07, 6.45) is -4.83. The molecule has 1 N–H and O–H groups in total. The van der Waals surface area contributed by atoms with E-state index in [4.69, 9.17) is 9.47 Å². The Bertz CT molecular complexity index is 172. The van der Waals surface area contributed by atoms with E-state index in [0.717, 1.165) is 0 Å². The van der Waals surface area contributed by atoms with Gasteiger partial charge in [0.25, 0.3) is 0 Å². The lowest BCUT2D eigenvalue weighted by molar-refractivity contribution is -0.173. The van der Waals surface area contributed by atoms with E-state index < -0.39 is 12.1 Å². The second-order valence-electron chi connectivity index (χ2n) is 2.27. The van der Waals surface area contributed by atoms with Crippen LogP contribution in [0.2, 0.25) is 0 Å². The third-order valence-corrected chi connectivity index (χ3v) is 1.16. The molecule has 0 aromatic carbocycles. The van der Waals surface area contributed by atoms with Crippen molar-refractivity contribution in [2.75, 3.05) is 26.6 Å². The van der Waals surface area contributed by atoms with Crippen molar-refractivity contribution in [1.29, 1.82) is 0 Å². The average Bonchev–Trinajstić information content (AvgIpc) is 2.09. The molecule has 84 valence electrons. The molecule has 0 saturated carbocycles. The predicted molar refractivity (Wildman–Crippen MR) is 41.5 cm³/mol. The van der Waals surface area contributed by atoms with Gasteiger partial charge in [0, 0.05) is 13.2 Å². The molecule has 0 aromatic heterocycles. The monoisotopic (exact) mass is 215 g/mol. The van der Waals surface area contributed by atoms with Gasteiger partial charge < -0.3 is 14.8 Å². The van der Waals surface area contributed by atoms with Crippen LogP contribution >= 0.6 is 0 Å². The van der Waals surface area contributed by atoms with E-state index in [-0.39, 0.29) is 19.9 Å². The van der Waals surface area contributed by atoms with Gasteiger partial charge in [0.1, 0.15) is 6.79 Å². The minimum Gasteiger partial charge on any atom is -0.356 e. The third-order valence-electron chi connectivity index (χ3n) is 1.16. The molecular weight excluding hydrogens is 203 g/mol. The molecule has 0 bridgehead atoms. The maximum absolute atomic E-state index is 11.6. The van der Waals surface area contributed by atoms with E-state index in [0.29, 0.717) is 6.61 Å². The van der Waals surface area contributed by atoms with Gasteiger partial charge >= 0.3 is 12.1 Å². The van der Waals surface area contributed by atoms with Gasteiger partial charge in [0.05, 0.1) is 6.61 Å². The molecule has 0 fully saturated rings. The second-order valence-corrected chi connectivity index (χ2v) is 2.27. The molecule has 0 heterocycles. The Morgan fingerprint density at radius 3 is 2.50 bits per heavy atom. The number of hydrogen-bond donors (Lipinski definition) is 1. The van der Waals surface area contributed by atoms with Crippen molar-refractivity contribution in [2.45, 2.75) is 13.1 Å². The van der Waals surface area contributed by atoms with Crippen LogP contribution in [0, 0.1) is 0 Å². The SMILES string of the molecule is CCOCOCCNC(=O)C(F)(F)F. The smallest absolute Gasteiger partial charge is 0.356 e. The zero-order valence-corrected chi connectivity index (χ0v) is 7.69. The van der Waals surface area contributed by atoms with Crippen molar-refractivity contribution in [1.82, 2.24) is 5.32 Å². The maximum Gasteiger partial charge on any atom is 0.471 e. The van der Waals surface area contributed by atoms with Gasteiger partial charge in [-0.2, -0.15) is 13.2 Å². The van der Waals surface area contributed by atoms with E-state index in [1.807, 2.05) is 0 Å². The van der Waals surface area contributed by atoms with Crippen LogP contribution in [0.25, 0.3) is 0 Å². The zero-order valence-electron chi connectivity index (χ0n) is 7.69. The number of alkyl halides is 3. The third kappa shape index (κ3) is 6.67. The van der Waals surface area contributed by atoms with Crippen molar-refractivity contribution in [3.05, 3.63) is 0 Å². The predicted octanol–water partition coefficient (Wildman–Crippen LogP) is 0.675. The largest absolute Gasteiger partial charge is 0.471 e. The number of halogens is 3. The first-order valence-electron chi connectivity index (χ1n) is 3.99. The fourth-order valence-electron chi connectivity index (χ4n) is 0.538. The van der Waals surface area contributed by atoms with E-state index in [1.165, 1.54) is 0 Å². The van der Waals surface area contributed by atoms with Crippen molar-refractivity contribution in [2.24, 2.45) is 0 Å². The first-order valence-corrected chi connectivity index (χ1v) is 3.99. The van der Waals surface area contributed by atoms with E-state index in [2.05, 4.69) is 0 Å². The Morgan fingerprint density at radius 2 is 2.00 bits per heavy atom. The summed E-state index contributed by atoms with van der Waals surface area (Å²) in [6.45, 7) is 2.04. The highest BCUT2D eigenvalue weighted by atomic mass is 19.4. The highest BCUT2D eigenvalue weighted by Crippen LogP contribution is 2.13. The highest BCUT2D eigenvalue weighted by Gasteiger charge is 2.38. The Hall–Kier alpha value is -0.820. The van der Waals surface area contributed by atoms with Gasteiger partial charge in [-0.05, 0) is 6.92 Å². The minimum atomic E-state index is -4.83. The summed E-state index contributed by atoms with van der Waals surface area (Å²) < 4.78 is 44.3. The molecule has 0 radical (unpaired) electrons. The molecule has 14 heavy (non-hydrogen) atoms. The number of hydrogen-bond acceptors (Lipinski definition) is 3. The Kier molecular flexibility index (Phi) is 6.22. The maximum atomic E-state index is 11.6. The number of carbonyl (C=O) groups is 1. The van der Waals surface area contributed by atoms with E-state index in [9.17, 15) is 18.0 Å².